The van der Waals surface area contributed by atoms with Crippen molar-refractivity contribution in [2.75, 3.05) is 11.9 Å². The van der Waals surface area contributed by atoms with Gasteiger partial charge in [-0.2, -0.15) is 0 Å². The highest BCUT2D eigenvalue weighted by molar-refractivity contribution is 7.09. The van der Waals surface area contributed by atoms with Crippen LogP contribution in [0.2, 0.25) is 0 Å². The number of anilines is 1. The minimum Gasteiger partial charge on any atom is -0.322 e. The van der Waals surface area contributed by atoms with Gasteiger partial charge in [0, 0.05) is 18.1 Å². The second-order valence-electron chi connectivity index (χ2n) is 4.43. The lowest BCUT2D eigenvalue weighted by atomic mass is 10.2. The molecule has 0 saturated carbocycles. The molecule has 1 aromatic carbocycles. The van der Waals surface area contributed by atoms with Crippen LogP contribution in [0.4, 0.5) is 5.69 Å². The molecule has 0 aliphatic heterocycles. The van der Waals surface area contributed by atoms with Gasteiger partial charge in [-0.3, -0.25) is 4.79 Å². The molecule has 1 atom stereocenters. The summed E-state index contributed by atoms with van der Waals surface area (Å²) >= 11 is 1.50. The van der Waals surface area contributed by atoms with E-state index in [1.54, 1.807) is 11.9 Å². The minimum absolute atomic E-state index is 0.0210. The first-order valence-electron chi connectivity index (χ1n) is 6.09. The highest BCUT2D eigenvalue weighted by Gasteiger charge is 2.14. The molecule has 0 radical (unpaired) electrons. The number of likely N-dealkylation sites (N-methyl/N-ethyl adjacent to an activating group) is 1. The number of nitrogens with zero attached hydrogens (tertiary/aromatic N) is 2. The van der Waals surface area contributed by atoms with Gasteiger partial charge in [0.2, 0.25) is 5.91 Å². The topological polar surface area (TPSA) is 59.2 Å². The zero-order valence-electron chi connectivity index (χ0n) is 11.0. The molecule has 0 saturated heterocycles. The third kappa shape index (κ3) is 3.39. The van der Waals surface area contributed by atoms with E-state index in [9.17, 15) is 4.79 Å². The van der Waals surface area contributed by atoms with Gasteiger partial charge in [-0.05, 0) is 19.1 Å². The Hall–Kier alpha value is -1.72. The lowest BCUT2D eigenvalue weighted by Gasteiger charge is -2.16. The molecule has 4 nitrogen and oxygen atoms in total. The molecule has 2 rings (SSSR count). The van der Waals surface area contributed by atoms with Crippen molar-refractivity contribution in [3.8, 4) is 0 Å². The molecule has 2 N–H and O–H groups in total. The summed E-state index contributed by atoms with van der Waals surface area (Å²) in [5.74, 6) is 0.0210. The van der Waals surface area contributed by atoms with Crippen molar-refractivity contribution in [1.82, 2.24) is 4.98 Å². The lowest BCUT2D eigenvalue weighted by molar-refractivity contribution is -0.117. The average molecular weight is 275 g/mol. The monoisotopic (exact) mass is 275 g/mol. The Kier molecular flexibility index (Phi) is 4.29. The lowest BCUT2D eigenvalue weighted by Crippen LogP contribution is -2.27. The average Bonchev–Trinajstić information content (AvgIpc) is 2.87. The highest BCUT2D eigenvalue weighted by atomic mass is 32.1. The SMILES string of the molecule is CC(N)c1nc(CC(=O)N(C)c2ccccc2)cs1. The smallest absolute Gasteiger partial charge is 0.232 e. The fraction of sp³-hybridized carbons (Fsp3) is 0.286. The van der Waals surface area contributed by atoms with E-state index in [-0.39, 0.29) is 11.9 Å². The van der Waals surface area contributed by atoms with Crippen LogP contribution in [0, 0.1) is 0 Å². The van der Waals surface area contributed by atoms with Crippen molar-refractivity contribution >= 4 is 22.9 Å². The Bertz CT molecular complexity index is 551. The molecular formula is C14H17N3OS. The normalized spacial score (nSPS) is 12.2. The molecule has 100 valence electrons. The van der Waals surface area contributed by atoms with Gasteiger partial charge in [-0.15, -0.1) is 11.3 Å². The Balaban J connectivity index is 2.04. The van der Waals surface area contributed by atoms with Crippen molar-refractivity contribution < 1.29 is 4.79 Å². The summed E-state index contributed by atoms with van der Waals surface area (Å²) < 4.78 is 0. The van der Waals surface area contributed by atoms with E-state index >= 15 is 0 Å². The molecule has 0 fully saturated rings. The number of hydrogen-bond acceptors (Lipinski definition) is 4. The molecule has 0 spiro atoms. The molecule has 1 amide bonds. The van der Waals surface area contributed by atoms with Crippen LogP contribution in [0.1, 0.15) is 23.7 Å². The number of amides is 1. The number of hydrogen-bond donors (Lipinski definition) is 1. The van der Waals surface area contributed by atoms with E-state index in [4.69, 9.17) is 5.73 Å². The summed E-state index contributed by atoms with van der Waals surface area (Å²) in [7, 11) is 1.77. The van der Waals surface area contributed by atoms with E-state index < -0.39 is 0 Å². The Morgan fingerprint density at radius 2 is 2.11 bits per heavy atom. The van der Waals surface area contributed by atoms with E-state index in [1.807, 2.05) is 42.6 Å². The second kappa shape index (κ2) is 5.95. The largest absolute Gasteiger partial charge is 0.322 e. The summed E-state index contributed by atoms with van der Waals surface area (Å²) in [6, 6.07) is 9.49. The molecule has 5 heteroatoms. The Morgan fingerprint density at radius 3 is 2.68 bits per heavy atom. The second-order valence-corrected chi connectivity index (χ2v) is 5.32. The number of thiazole rings is 1. The molecule has 2 aromatic rings. The number of carbonyl (C=O) groups is 1. The summed E-state index contributed by atoms with van der Waals surface area (Å²) in [5.41, 5.74) is 7.43. The summed E-state index contributed by atoms with van der Waals surface area (Å²) in [6.45, 7) is 1.89. The molecular weight excluding hydrogens is 258 g/mol. The Labute approximate surface area is 116 Å². The number of benzene rings is 1. The maximum atomic E-state index is 12.2. The maximum absolute atomic E-state index is 12.2. The number of para-hydroxylation sites is 1. The molecule has 19 heavy (non-hydrogen) atoms. The fourth-order valence-electron chi connectivity index (χ4n) is 1.68. The molecule has 0 aliphatic carbocycles. The van der Waals surface area contributed by atoms with Gasteiger partial charge in [0.1, 0.15) is 5.01 Å². The van der Waals surface area contributed by atoms with Crippen molar-refractivity contribution in [1.29, 1.82) is 0 Å². The molecule has 1 aromatic heterocycles. The Morgan fingerprint density at radius 1 is 1.42 bits per heavy atom. The predicted octanol–water partition coefficient (Wildman–Crippen LogP) is 2.37. The van der Waals surface area contributed by atoms with Crippen LogP contribution in [-0.2, 0) is 11.2 Å². The summed E-state index contributed by atoms with van der Waals surface area (Å²) in [6.07, 6.45) is 0.300. The molecule has 0 bridgehead atoms. The van der Waals surface area contributed by atoms with Gasteiger partial charge in [0.15, 0.2) is 0 Å². The number of nitrogens with two attached hydrogens (primary N) is 1. The predicted molar refractivity (Wildman–Crippen MR) is 78.3 cm³/mol. The minimum atomic E-state index is -0.0827. The quantitative estimate of drug-likeness (QED) is 0.932. The maximum Gasteiger partial charge on any atom is 0.232 e. The zero-order chi connectivity index (χ0) is 13.8. The van der Waals surface area contributed by atoms with Crippen LogP contribution in [0.25, 0.3) is 0 Å². The van der Waals surface area contributed by atoms with Crippen LogP contribution in [0.5, 0.6) is 0 Å². The van der Waals surface area contributed by atoms with Crippen molar-refractivity contribution in [3.05, 3.63) is 46.4 Å². The molecule has 1 unspecified atom stereocenters. The van der Waals surface area contributed by atoms with Gasteiger partial charge < -0.3 is 10.6 Å². The van der Waals surface area contributed by atoms with Crippen LogP contribution >= 0.6 is 11.3 Å². The van der Waals surface area contributed by atoms with Gasteiger partial charge in [-0.25, -0.2) is 4.98 Å². The van der Waals surface area contributed by atoms with Gasteiger partial charge in [0.25, 0.3) is 0 Å². The van der Waals surface area contributed by atoms with Crippen LogP contribution in [-0.4, -0.2) is 17.9 Å². The van der Waals surface area contributed by atoms with Crippen LogP contribution in [0.15, 0.2) is 35.7 Å². The molecule has 0 aliphatic rings. The third-order valence-electron chi connectivity index (χ3n) is 2.81. The third-order valence-corrected chi connectivity index (χ3v) is 3.90. The number of aromatic nitrogens is 1. The number of carbonyl (C=O) groups excluding carboxylic acids is 1. The zero-order valence-corrected chi connectivity index (χ0v) is 11.9. The first-order valence-corrected chi connectivity index (χ1v) is 6.97. The summed E-state index contributed by atoms with van der Waals surface area (Å²) in [5, 5.41) is 2.76. The number of rotatable bonds is 4. The standard InChI is InChI=1S/C14H17N3OS/c1-10(15)14-16-11(9-19-14)8-13(18)17(2)12-6-4-3-5-7-12/h3-7,9-10H,8,15H2,1-2H3. The highest BCUT2D eigenvalue weighted by Crippen LogP contribution is 2.18. The van der Waals surface area contributed by atoms with Crippen LogP contribution < -0.4 is 10.6 Å². The fourth-order valence-corrected chi connectivity index (χ4v) is 2.46. The van der Waals surface area contributed by atoms with Gasteiger partial charge in [-0.1, -0.05) is 18.2 Å². The molecule has 1 heterocycles. The van der Waals surface area contributed by atoms with E-state index in [1.165, 1.54) is 11.3 Å². The first kappa shape index (κ1) is 13.7. The first-order chi connectivity index (χ1) is 9.08. The van der Waals surface area contributed by atoms with E-state index in [0.29, 0.717) is 6.42 Å². The van der Waals surface area contributed by atoms with E-state index in [2.05, 4.69) is 4.98 Å². The van der Waals surface area contributed by atoms with E-state index in [0.717, 1.165) is 16.4 Å². The van der Waals surface area contributed by atoms with Crippen molar-refractivity contribution in [3.63, 3.8) is 0 Å². The summed E-state index contributed by atoms with van der Waals surface area (Å²) in [4.78, 5) is 18.2. The van der Waals surface area contributed by atoms with Crippen molar-refractivity contribution in [2.24, 2.45) is 5.73 Å². The van der Waals surface area contributed by atoms with Crippen molar-refractivity contribution in [2.45, 2.75) is 19.4 Å². The van der Waals surface area contributed by atoms with Gasteiger partial charge >= 0.3 is 0 Å². The van der Waals surface area contributed by atoms with Gasteiger partial charge in [0.05, 0.1) is 18.2 Å². The van der Waals surface area contributed by atoms with Crippen LogP contribution in [0.3, 0.4) is 0 Å².